The highest BCUT2D eigenvalue weighted by Gasteiger charge is 2.32. The van der Waals surface area contributed by atoms with Crippen molar-refractivity contribution in [2.75, 3.05) is 19.6 Å². The molecular weight excluding hydrogens is 190 g/mol. The number of halogens is 1. The summed E-state index contributed by atoms with van der Waals surface area (Å²) >= 11 is 0. The van der Waals surface area contributed by atoms with Crippen LogP contribution in [0.1, 0.15) is 6.42 Å². The molecule has 2 aliphatic heterocycles. The summed E-state index contributed by atoms with van der Waals surface area (Å²) in [6.45, 7) is 2.64. The van der Waals surface area contributed by atoms with Crippen molar-refractivity contribution in [1.82, 2.24) is 10.2 Å². The summed E-state index contributed by atoms with van der Waals surface area (Å²) in [7, 11) is 0. The highest BCUT2D eigenvalue weighted by molar-refractivity contribution is 5.85. The van der Waals surface area contributed by atoms with Crippen LogP contribution in [0.3, 0.4) is 0 Å². The fraction of sp³-hybridized carbons (Fsp3) is 0.625. The third-order valence-corrected chi connectivity index (χ3v) is 2.48. The van der Waals surface area contributed by atoms with Gasteiger partial charge in [-0.05, 0) is 0 Å². The van der Waals surface area contributed by atoms with Gasteiger partial charge < -0.3 is 16.0 Å². The summed E-state index contributed by atoms with van der Waals surface area (Å²) in [5.74, 6) is -0.0932. The first-order chi connectivity index (χ1) is 5.77. The molecule has 74 valence electrons. The van der Waals surface area contributed by atoms with Gasteiger partial charge in [-0.25, -0.2) is 0 Å². The molecule has 0 unspecified atom stereocenters. The minimum atomic E-state index is -0.169. The molecule has 0 saturated carbocycles. The molecule has 3 N–H and O–H groups in total. The van der Waals surface area contributed by atoms with E-state index >= 15 is 0 Å². The molecule has 0 atom stereocenters. The molecule has 2 heterocycles. The minimum Gasteiger partial charge on any atom is -0.389 e. The van der Waals surface area contributed by atoms with Crippen molar-refractivity contribution in [1.29, 1.82) is 0 Å². The molecule has 1 amide bonds. The second-order valence-corrected chi connectivity index (χ2v) is 3.34. The van der Waals surface area contributed by atoms with Crippen LogP contribution in [-0.4, -0.2) is 30.4 Å². The zero-order valence-corrected chi connectivity index (χ0v) is 8.14. The summed E-state index contributed by atoms with van der Waals surface area (Å²) in [4.78, 5) is 12.9. The first kappa shape index (κ1) is 10.2. The van der Waals surface area contributed by atoms with E-state index in [0.717, 1.165) is 26.1 Å². The van der Waals surface area contributed by atoms with Crippen molar-refractivity contribution in [3.8, 4) is 0 Å². The van der Waals surface area contributed by atoms with E-state index in [4.69, 9.17) is 5.73 Å². The molecule has 0 aliphatic carbocycles. The Morgan fingerprint density at radius 3 is 2.77 bits per heavy atom. The first-order valence-electron chi connectivity index (χ1n) is 4.24. The number of hydrogen-bond donors (Lipinski definition) is 2. The zero-order valence-electron chi connectivity index (χ0n) is 7.32. The summed E-state index contributed by atoms with van der Waals surface area (Å²) in [5.41, 5.74) is 6.47. The van der Waals surface area contributed by atoms with E-state index in [0.29, 0.717) is 0 Å². The van der Waals surface area contributed by atoms with Crippen LogP contribution in [0.25, 0.3) is 0 Å². The maximum absolute atomic E-state index is 10.7. The number of nitrogens with zero attached hydrogens (tertiary/aromatic N) is 1. The van der Waals surface area contributed by atoms with Crippen molar-refractivity contribution >= 4 is 18.3 Å². The Bertz CT molecular complexity index is 236. The van der Waals surface area contributed by atoms with Crippen LogP contribution in [0.5, 0.6) is 0 Å². The molecule has 0 aromatic carbocycles. The lowest BCUT2D eigenvalue weighted by Crippen LogP contribution is -2.51. The third kappa shape index (κ3) is 1.88. The van der Waals surface area contributed by atoms with Gasteiger partial charge in [-0.15, -0.1) is 12.4 Å². The molecule has 0 aromatic heterocycles. The smallest absolute Gasteiger partial charge is 0.224 e. The lowest BCUT2D eigenvalue weighted by atomic mass is 9.98. The fourth-order valence-corrected chi connectivity index (χ4v) is 1.60. The second-order valence-electron chi connectivity index (χ2n) is 3.34. The van der Waals surface area contributed by atoms with Crippen LogP contribution >= 0.6 is 12.4 Å². The maximum atomic E-state index is 10.7. The normalized spacial score (nSPS) is 21.2. The molecule has 0 radical (unpaired) electrons. The zero-order chi connectivity index (χ0) is 8.55. The molecule has 0 aromatic rings. The van der Waals surface area contributed by atoms with Gasteiger partial charge in [0, 0.05) is 38.0 Å². The number of hydrogen-bond acceptors (Lipinski definition) is 3. The van der Waals surface area contributed by atoms with Crippen LogP contribution in [-0.2, 0) is 4.79 Å². The number of primary amides is 1. The Kier molecular flexibility index (Phi) is 3.03. The summed E-state index contributed by atoms with van der Waals surface area (Å²) in [6, 6.07) is 0. The number of carbonyl (C=O) groups is 1. The number of likely N-dealkylation sites (tertiary alicyclic amines) is 1. The van der Waals surface area contributed by atoms with Crippen molar-refractivity contribution in [2.45, 2.75) is 6.42 Å². The van der Waals surface area contributed by atoms with Gasteiger partial charge in [0.2, 0.25) is 5.91 Å². The second kappa shape index (κ2) is 3.87. The maximum Gasteiger partial charge on any atom is 0.224 e. The average Bonchev–Trinajstić information content (AvgIpc) is 2.34. The van der Waals surface area contributed by atoms with E-state index in [-0.39, 0.29) is 24.2 Å². The fourth-order valence-electron chi connectivity index (χ4n) is 1.60. The van der Waals surface area contributed by atoms with Gasteiger partial charge >= 0.3 is 0 Å². The van der Waals surface area contributed by atoms with Gasteiger partial charge in [0.05, 0.1) is 5.92 Å². The third-order valence-electron chi connectivity index (χ3n) is 2.48. The van der Waals surface area contributed by atoms with Crippen LogP contribution in [0.15, 0.2) is 11.9 Å². The Labute approximate surface area is 83.6 Å². The number of carbonyl (C=O) groups excluding carboxylic acids is 1. The molecule has 0 bridgehead atoms. The van der Waals surface area contributed by atoms with E-state index in [9.17, 15) is 4.79 Å². The van der Waals surface area contributed by atoms with Crippen LogP contribution in [0.2, 0.25) is 0 Å². The Morgan fingerprint density at radius 1 is 1.62 bits per heavy atom. The van der Waals surface area contributed by atoms with E-state index in [2.05, 4.69) is 10.2 Å². The predicted molar refractivity (Wildman–Crippen MR) is 52.2 cm³/mol. The largest absolute Gasteiger partial charge is 0.389 e. The van der Waals surface area contributed by atoms with Gasteiger partial charge in [0.1, 0.15) is 0 Å². The van der Waals surface area contributed by atoms with Crippen LogP contribution < -0.4 is 11.1 Å². The number of nitrogens with two attached hydrogens (primary N) is 1. The van der Waals surface area contributed by atoms with E-state index in [1.807, 2.05) is 6.20 Å². The van der Waals surface area contributed by atoms with Gasteiger partial charge in [-0.2, -0.15) is 0 Å². The standard InChI is InChI=1S/C8H13N3O.ClH/c9-8(12)6-4-11(5-6)7-1-2-10-3-7;/h3,6,10H,1-2,4-5H2,(H2,9,12);1H. The van der Waals surface area contributed by atoms with Crippen molar-refractivity contribution < 1.29 is 4.79 Å². The Balaban J connectivity index is 0.000000845. The SMILES string of the molecule is Cl.NC(=O)C1CN(C2=CNCC2)C1. The van der Waals surface area contributed by atoms with Gasteiger partial charge in [0.15, 0.2) is 0 Å². The summed E-state index contributed by atoms with van der Waals surface area (Å²) in [6.07, 6.45) is 3.10. The predicted octanol–water partition coefficient (Wildman–Crippen LogP) is -0.340. The van der Waals surface area contributed by atoms with Gasteiger partial charge in [-0.3, -0.25) is 4.79 Å². The molecule has 2 aliphatic rings. The summed E-state index contributed by atoms with van der Waals surface area (Å²) in [5, 5.41) is 3.15. The Morgan fingerprint density at radius 2 is 2.31 bits per heavy atom. The lowest BCUT2D eigenvalue weighted by molar-refractivity contribution is -0.125. The van der Waals surface area contributed by atoms with Crippen molar-refractivity contribution in [3.63, 3.8) is 0 Å². The van der Waals surface area contributed by atoms with E-state index in [1.54, 1.807) is 0 Å². The van der Waals surface area contributed by atoms with Crippen molar-refractivity contribution in [3.05, 3.63) is 11.9 Å². The molecule has 0 spiro atoms. The minimum absolute atomic E-state index is 0. The molecule has 2 rings (SSSR count). The van der Waals surface area contributed by atoms with Crippen LogP contribution in [0.4, 0.5) is 0 Å². The van der Waals surface area contributed by atoms with Crippen LogP contribution in [0, 0.1) is 5.92 Å². The van der Waals surface area contributed by atoms with Crippen molar-refractivity contribution in [2.24, 2.45) is 11.7 Å². The summed E-state index contributed by atoms with van der Waals surface area (Å²) < 4.78 is 0. The highest BCUT2D eigenvalue weighted by atomic mass is 35.5. The van der Waals surface area contributed by atoms with E-state index < -0.39 is 0 Å². The Hall–Kier alpha value is -0.900. The molecule has 4 nitrogen and oxygen atoms in total. The first-order valence-corrected chi connectivity index (χ1v) is 4.24. The molecule has 13 heavy (non-hydrogen) atoms. The molecule has 1 saturated heterocycles. The van der Waals surface area contributed by atoms with Gasteiger partial charge in [-0.1, -0.05) is 0 Å². The molecular formula is C8H14ClN3O. The average molecular weight is 204 g/mol. The molecule has 1 fully saturated rings. The van der Waals surface area contributed by atoms with E-state index in [1.165, 1.54) is 5.70 Å². The quantitative estimate of drug-likeness (QED) is 0.646. The number of rotatable bonds is 2. The monoisotopic (exact) mass is 203 g/mol. The van der Waals surface area contributed by atoms with Gasteiger partial charge in [0.25, 0.3) is 0 Å². The molecule has 5 heteroatoms. The number of amides is 1. The topological polar surface area (TPSA) is 58.4 Å². The lowest BCUT2D eigenvalue weighted by Gasteiger charge is -2.39. The number of nitrogens with one attached hydrogen (secondary N) is 1. The highest BCUT2D eigenvalue weighted by Crippen LogP contribution is 2.23.